The summed E-state index contributed by atoms with van der Waals surface area (Å²) in [5, 5.41) is 10.3. The second kappa shape index (κ2) is 9.63. The van der Waals surface area contributed by atoms with Gasteiger partial charge in [-0.25, -0.2) is 31.9 Å². The summed E-state index contributed by atoms with van der Waals surface area (Å²) in [7, 11) is 0. The standard InChI is InChI=1S/C29H36F4N6O3/c1-26(2,3)42-25(41)38-24(27(34-4)11-18-19(12-27)29(18,32)33)20-14-39-21(36-20)8-17(13-35-39)23(16-5-6-16)37-22(40)7-15-9-28(30,31)10-15/h8,13-16,18-19,23-24H,4-7,9-12H2,1-3H3,(H,37,40)(H,38,41)/t18-,19+,23-,24-,27?/m1/s1. The van der Waals surface area contributed by atoms with Crippen molar-refractivity contribution in [3.05, 3.63) is 29.7 Å². The lowest BCUT2D eigenvalue weighted by molar-refractivity contribution is -0.134. The summed E-state index contributed by atoms with van der Waals surface area (Å²) in [6.45, 7) is 8.88. The molecule has 42 heavy (non-hydrogen) atoms. The van der Waals surface area contributed by atoms with Crippen LogP contribution in [0.3, 0.4) is 0 Å². The molecule has 6 rings (SSSR count). The zero-order valence-corrected chi connectivity index (χ0v) is 23.9. The number of imidazole rings is 1. The normalized spacial score (nSPS) is 29.2. The molecule has 2 heterocycles. The number of carbonyl (C=O) groups excluding carboxylic acids is 2. The zero-order chi connectivity index (χ0) is 30.2. The molecule has 2 aromatic heterocycles. The zero-order valence-electron chi connectivity index (χ0n) is 23.9. The molecule has 0 radical (unpaired) electrons. The molecular weight excluding hydrogens is 556 g/mol. The van der Waals surface area contributed by atoms with E-state index < -0.39 is 47.0 Å². The lowest BCUT2D eigenvalue weighted by Gasteiger charge is -2.35. The van der Waals surface area contributed by atoms with E-state index in [0.29, 0.717) is 11.3 Å². The first-order valence-electron chi connectivity index (χ1n) is 14.5. The van der Waals surface area contributed by atoms with Crippen molar-refractivity contribution in [3.8, 4) is 0 Å². The average Bonchev–Trinajstić information content (AvgIpc) is 3.65. The minimum absolute atomic E-state index is 0.0455. The summed E-state index contributed by atoms with van der Waals surface area (Å²) >= 11 is 0. The van der Waals surface area contributed by atoms with Gasteiger partial charge in [-0.3, -0.25) is 9.79 Å². The van der Waals surface area contributed by atoms with Crippen LogP contribution in [0.4, 0.5) is 22.4 Å². The number of nitrogens with zero attached hydrogens (tertiary/aromatic N) is 4. The van der Waals surface area contributed by atoms with Crippen molar-refractivity contribution in [1.82, 2.24) is 25.2 Å². The molecule has 228 valence electrons. The highest BCUT2D eigenvalue weighted by Gasteiger charge is 2.76. The monoisotopic (exact) mass is 592 g/mol. The van der Waals surface area contributed by atoms with Crippen molar-refractivity contribution < 1.29 is 31.9 Å². The van der Waals surface area contributed by atoms with Gasteiger partial charge in [0.25, 0.3) is 5.92 Å². The fraction of sp³-hybridized carbons (Fsp3) is 0.690. The third-order valence-electron chi connectivity index (χ3n) is 9.10. The second-order valence-electron chi connectivity index (χ2n) is 13.6. The Morgan fingerprint density at radius 1 is 1.14 bits per heavy atom. The molecule has 0 aromatic carbocycles. The Hall–Kier alpha value is -3.25. The van der Waals surface area contributed by atoms with Crippen LogP contribution < -0.4 is 10.6 Å². The molecule has 9 nitrogen and oxygen atoms in total. The number of halogens is 4. The fourth-order valence-corrected chi connectivity index (χ4v) is 6.77. The number of nitrogens with one attached hydrogen (secondary N) is 2. The van der Waals surface area contributed by atoms with Gasteiger partial charge in [-0.05, 0) is 76.6 Å². The van der Waals surface area contributed by atoms with E-state index in [1.54, 1.807) is 39.2 Å². The van der Waals surface area contributed by atoms with E-state index in [1.165, 1.54) is 4.52 Å². The van der Waals surface area contributed by atoms with Gasteiger partial charge in [0.15, 0.2) is 5.65 Å². The molecule has 4 aliphatic carbocycles. The van der Waals surface area contributed by atoms with E-state index in [2.05, 4.69) is 27.4 Å². The van der Waals surface area contributed by atoms with E-state index in [1.807, 2.05) is 0 Å². The first-order valence-corrected chi connectivity index (χ1v) is 14.5. The van der Waals surface area contributed by atoms with Gasteiger partial charge < -0.3 is 15.4 Å². The molecule has 1 unspecified atom stereocenters. The average molecular weight is 593 g/mol. The minimum atomic E-state index is -2.75. The predicted octanol–water partition coefficient (Wildman–Crippen LogP) is 5.41. The predicted molar refractivity (Wildman–Crippen MR) is 144 cm³/mol. The van der Waals surface area contributed by atoms with Gasteiger partial charge >= 0.3 is 6.09 Å². The van der Waals surface area contributed by atoms with Crippen molar-refractivity contribution in [2.75, 3.05) is 0 Å². The van der Waals surface area contributed by atoms with Crippen LogP contribution in [0.15, 0.2) is 23.5 Å². The number of amides is 2. The molecule has 0 aliphatic heterocycles. The lowest BCUT2D eigenvalue weighted by Crippen LogP contribution is -2.46. The number of carbonyl (C=O) groups is 2. The van der Waals surface area contributed by atoms with E-state index >= 15 is 0 Å². The fourth-order valence-electron chi connectivity index (χ4n) is 6.77. The summed E-state index contributed by atoms with van der Waals surface area (Å²) in [5.74, 6) is -7.47. The maximum atomic E-state index is 14.2. The molecule has 13 heteroatoms. The third-order valence-corrected chi connectivity index (χ3v) is 9.10. The molecule has 4 aliphatic rings. The number of alkyl halides is 4. The summed E-state index contributed by atoms with van der Waals surface area (Å²) in [6.07, 6.45) is 3.97. The maximum absolute atomic E-state index is 14.2. The second-order valence-corrected chi connectivity index (χ2v) is 13.6. The number of rotatable bonds is 9. The molecule has 4 saturated carbocycles. The largest absolute Gasteiger partial charge is 0.444 e. The Bertz CT molecular complexity index is 1400. The molecular formula is C29H36F4N6O3. The van der Waals surface area contributed by atoms with E-state index in [9.17, 15) is 27.2 Å². The number of aliphatic imine (C=N–C) groups is 1. The third kappa shape index (κ3) is 5.46. The van der Waals surface area contributed by atoms with E-state index in [-0.39, 0.29) is 55.9 Å². The highest BCUT2D eigenvalue weighted by Crippen LogP contribution is 2.69. The van der Waals surface area contributed by atoms with Crippen LogP contribution in [0.5, 0.6) is 0 Å². The van der Waals surface area contributed by atoms with Crippen LogP contribution in [-0.4, -0.2) is 56.3 Å². The summed E-state index contributed by atoms with van der Waals surface area (Å²) < 4.78 is 61.8. The van der Waals surface area contributed by atoms with Gasteiger partial charge in [0.2, 0.25) is 11.8 Å². The number of alkyl carbamates (subject to hydrolysis) is 1. The smallest absolute Gasteiger partial charge is 0.408 e. The number of hydrogen-bond donors (Lipinski definition) is 2. The summed E-state index contributed by atoms with van der Waals surface area (Å²) in [5.41, 5.74) is -0.349. The topological polar surface area (TPSA) is 110 Å². The van der Waals surface area contributed by atoms with Crippen LogP contribution in [-0.2, 0) is 9.53 Å². The van der Waals surface area contributed by atoms with Crippen molar-refractivity contribution in [3.63, 3.8) is 0 Å². The molecule has 0 bridgehead atoms. The quantitative estimate of drug-likeness (QED) is 0.299. The Morgan fingerprint density at radius 3 is 2.38 bits per heavy atom. The van der Waals surface area contributed by atoms with Crippen molar-refractivity contribution in [2.24, 2.45) is 28.7 Å². The van der Waals surface area contributed by atoms with Crippen LogP contribution in [0, 0.1) is 23.7 Å². The SMILES string of the molecule is C=NC1([C@H](NC(=O)OC(C)(C)C)c2cn3ncc([C@H](NC(=O)CC4CC(F)(F)C4)C4CC4)cc3n2)C[C@@H]2[C@H](C1)C2(F)F. The highest BCUT2D eigenvalue weighted by atomic mass is 19.3. The molecule has 4 fully saturated rings. The molecule has 2 N–H and O–H groups in total. The van der Waals surface area contributed by atoms with Gasteiger partial charge in [-0.2, -0.15) is 5.10 Å². The number of fused-ring (bicyclic) bond motifs is 2. The van der Waals surface area contributed by atoms with Gasteiger partial charge in [-0.1, -0.05) is 0 Å². The van der Waals surface area contributed by atoms with Gasteiger partial charge in [0.05, 0.1) is 29.7 Å². The van der Waals surface area contributed by atoms with Crippen LogP contribution in [0.1, 0.15) is 89.1 Å². The van der Waals surface area contributed by atoms with E-state index in [4.69, 9.17) is 9.72 Å². The Balaban J connectivity index is 1.25. The summed E-state index contributed by atoms with van der Waals surface area (Å²) in [6, 6.07) is 0.561. The Labute approximate surface area is 240 Å². The van der Waals surface area contributed by atoms with Crippen molar-refractivity contribution in [1.29, 1.82) is 0 Å². The van der Waals surface area contributed by atoms with Gasteiger partial charge in [0.1, 0.15) is 11.6 Å². The number of aromatic nitrogens is 3. The van der Waals surface area contributed by atoms with Crippen molar-refractivity contribution >= 4 is 24.4 Å². The molecule has 2 aromatic rings. The molecule has 2 amide bonds. The summed E-state index contributed by atoms with van der Waals surface area (Å²) in [4.78, 5) is 34.6. The molecule has 0 saturated heterocycles. The molecule has 5 atom stereocenters. The Morgan fingerprint density at radius 2 is 1.81 bits per heavy atom. The van der Waals surface area contributed by atoms with E-state index in [0.717, 1.165) is 18.4 Å². The van der Waals surface area contributed by atoms with Gasteiger partial charge in [-0.15, -0.1) is 0 Å². The number of hydrogen-bond acceptors (Lipinski definition) is 6. The van der Waals surface area contributed by atoms with Crippen molar-refractivity contribution in [2.45, 2.75) is 101 Å². The first-order chi connectivity index (χ1) is 19.6. The van der Waals surface area contributed by atoms with Crippen LogP contribution >= 0.6 is 0 Å². The highest BCUT2D eigenvalue weighted by molar-refractivity contribution is 5.77. The number of ether oxygens (including phenoxy) is 1. The van der Waals surface area contributed by atoms with Crippen LogP contribution in [0.2, 0.25) is 0 Å². The van der Waals surface area contributed by atoms with Gasteiger partial charge in [0, 0.05) is 31.1 Å². The van der Waals surface area contributed by atoms with Crippen LogP contribution in [0.25, 0.3) is 5.65 Å². The minimum Gasteiger partial charge on any atom is -0.444 e. The first kappa shape index (κ1) is 28.9. The molecule has 0 spiro atoms. The lowest BCUT2D eigenvalue weighted by atomic mass is 9.79. The Kier molecular flexibility index (Phi) is 6.62. The maximum Gasteiger partial charge on any atom is 0.408 e.